The lowest BCUT2D eigenvalue weighted by atomic mass is 10.1. The molecule has 0 spiro atoms. The van der Waals surface area contributed by atoms with Gasteiger partial charge < -0.3 is 14.8 Å². The minimum atomic E-state index is 0.434. The fourth-order valence-corrected chi connectivity index (χ4v) is 3.64. The first-order valence-corrected chi connectivity index (χ1v) is 9.83. The van der Waals surface area contributed by atoms with Crippen LogP contribution in [0.3, 0.4) is 0 Å². The van der Waals surface area contributed by atoms with Crippen LogP contribution in [0.1, 0.15) is 24.0 Å². The summed E-state index contributed by atoms with van der Waals surface area (Å²) >= 11 is 0. The SMILES string of the molecule is C/C(=N\O)c1ccc2nnc(Cc3ccc4ncc(N5CCOCC5)cc4c3)n2n1. The Balaban J connectivity index is 1.47. The van der Waals surface area contributed by atoms with Crippen molar-refractivity contribution in [2.24, 2.45) is 5.16 Å². The number of hydrogen-bond acceptors (Lipinski definition) is 8. The van der Waals surface area contributed by atoms with Crippen molar-refractivity contribution >= 4 is 27.9 Å². The Morgan fingerprint density at radius 1 is 1.13 bits per heavy atom. The molecule has 1 saturated heterocycles. The number of oxime groups is 1. The largest absolute Gasteiger partial charge is 0.411 e. The highest BCUT2D eigenvalue weighted by Crippen LogP contribution is 2.23. The van der Waals surface area contributed by atoms with E-state index in [-0.39, 0.29) is 0 Å². The molecule has 0 unspecified atom stereocenters. The third-order valence-electron chi connectivity index (χ3n) is 5.32. The van der Waals surface area contributed by atoms with Gasteiger partial charge in [0, 0.05) is 24.9 Å². The Morgan fingerprint density at radius 3 is 2.83 bits per heavy atom. The van der Waals surface area contributed by atoms with Crippen molar-refractivity contribution in [1.29, 1.82) is 0 Å². The van der Waals surface area contributed by atoms with Crippen LogP contribution in [0.15, 0.2) is 47.8 Å². The van der Waals surface area contributed by atoms with Gasteiger partial charge >= 0.3 is 0 Å². The normalized spacial score (nSPS) is 15.2. The van der Waals surface area contributed by atoms with E-state index in [0.29, 0.717) is 29.3 Å². The van der Waals surface area contributed by atoms with E-state index in [1.54, 1.807) is 17.5 Å². The lowest BCUT2D eigenvalue weighted by Crippen LogP contribution is -2.36. The molecular formula is C21H21N7O2. The van der Waals surface area contributed by atoms with Gasteiger partial charge in [-0.2, -0.15) is 9.61 Å². The second-order valence-electron chi connectivity index (χ2n) is 7.29. The predicted molar refractivity (Wildman–Crippen MR) is 112 cm³/mol. The van der Waals surface area contributed by atoms with Gasteiger partial charge in [0.15, 0.2) is 11.5 Å². The molecule has 4 heterocycles. The zero-order chi connectivity index (χ0) is 20.5. The number of anilines is 1. The molecule has 4 aromatic rings. The number of morpholine rings is 1. The van der Waals surface area contributed by atoms with E-state index in [2.05, 4.69) is 48.5 Å². The fraction of sp³-hybridized carbons (Fsp3) is 0.286. The Hall–Kier alpha value is -3.59. The summed E-state index contributed by atoms with van der Waals surface area (Å²) in [6.07, 6.45) is 2.50. The van der Waals surface area contributed by atoms with Crippen molar-refractivity contribution in [3.8, 4) is 0 Å². The van der Waals surface area contributed by atoms with Gasteiger partial charge in [0.05, 0.1) is 30.6 Å². The summed E-state index contributed by atoms with van der Waals surface area (Å²) < 4.78 is 7.14. The predicted octanol–water partition coefficient (Wildman–Crippen LogP) is 2.30. The van der Waals surface area contributed by atoms with E-state index in [9.17, 15) is 0 Å². The molecule has 9 heteroatoms. The minimum absolute atomic E-state index is 0.434. The molecule has 0 aliphatic carbocycles. The second-order valence-corrected chi connectivity index (χ2v) is 7.29. The zero-order valence-corrected chi connectivity index (χ0v) is 16.6. The summed E-state index contributed by atoms with van der Waals surface area (Å²) in [5, 5.41) is 26.3. The first-order chi connectivity index (χ1) is 14.7. The highest BCUT2D eigenvalue weighted by atomic mass is 16.5. The number of hydrogen-bond donors (Lipinski definition) is 1. The number of nitrogens with zero attached hydrogens (tertiary/aromatic N) is 7. The van der Waals surface area contributed by atoms with Crippen LogP contribution in [-0.2, 0) is 11.2 Å². The number of pyridine rings is 1. The number of rotatable bonds is 4. The molecule has 0 bridgehead atoms. The summed E-state index contributed by atoms with van der Waals surface area (Å²) in [5.41, 5.74) is 4.82. The third-order valence-corrected chi connectivity index (χ3v) is 5.32. The van der Waals surface area contributed by atoms with Gasteiger partial charge in [0.1, 0.15) is 11.4 Å². The Bertz CT molecular complexity index is 1240. The maximum Gasteiger partial charge on any atom is 0.177 e. The van der Waals surface area contributed by atoms with Crippen LogP contribution in [-0.4, -0.2) is 62.0 Å². The molecule has 1 aliphatic rings. The Morgan fingerprint density at radius 2 is 2.00 bits per heavy atom. The van der Waals surface area contributed by atoms with Crippen LogP contribution in [0.5, 0.6) is 0 Å². The maximum atomic E-state index is 9.02. The summed E-state index contributed by atoms with van der Waals surface area (Å²) in [5.74, 6) is 0.717. The summed E-state index contributed by atoms with van der Waals surface area (Å²) in [4.78, 5) is 6.92. The van der Waals surface area contributed by atoms with Crippen LogP contribution in [0.25, 0.3) is 16.6 Å². The molecule has 1 fully saturated rings. The zero-order valence-electron chi connectivity index (χ0n) is 16.6. The molecule has 1 aromatic carbocycles. The quantitative estimate of drug-likeness (QED) is 0.317. The number of aromatic nitrogens is 5. The smallest absolute Gasteiger partial charge is 0.177 e. The molecule has 1 N–H and O–H groups in total. The number of benzene rings is 1. The molecule has 0 amide bonds. The second kappa shape index (κ2) is 7.68. The molecule has 3 aromatic heterocycles. The van der Waals surface area contributed by atoms with Gasteiger partial charge in [-0.05, 0) is 42.8 Å². The van der Waals surface area contributed by atoms with Crippen molar-refractivity contribution in [3.05, 3.63) is 59.7 Å². The summed E-state index contributed by atoms with van der Waals surface area (Å²) in [7, 11) is 0. The molecule has 5 rings (SSSR count). The van der Waals surface area contributed by atoms with Gasteiger partial charge in [-0.3, -0.25) is 4.98 Å². The molecule has 1 aliphatic heterocycles. The molecular weight excluding hydrogens is 382 g/mol. The van der Waals surface area contributed by atoms with Gasteiger partial charge in [-0.15, -0.1) is 10.2 Å². The van der Waals surface area contributed by atoms with Crippen LogP contribution in [0, 0.1) is 0 Å². The third kappa shape index (κ3) is 3.43. The maximum absolute atomic E-state index is 9.02. The Labute approximate surface area is 172 Å². The van der Waals surface area contributed by atoms with E-state index < -0.39 is 0 Å². The number of fused-ring (bicyclic) bond motifs is 2. The summed E-state index contributed by atoms with van der Waals surface area (Å²) in [6.45, 7) is 4.94. The lowest BCUT2D eigenvalue weighted by Gasteiger charge is -2.28. The minimum Gasteiger partial charge on any atom is -0.411 e. The molecule has 0 radical (unpaired) electrons. The van der Waals surface area contributed by atoms with Gasteiger partial charge in [0.2, 0.25) is 0 Å². The van der Waals surface area contributed by atoms with Crippen molar-refractivity contribution in [1.82, 2.24) is 24.8 Å². The van der Waals surface area contributed by atoms with Crippen LogP contribution >= 0.6 is 0 Å². The average Bonchev–Trinajstić information content (AvgIpc) is 3.20. The van der Waals surface area contributed by atoms with Crippen LogP contribution in [0.4, 0.5) is 5.69 Å². The van der Waals surface area contributed by atoms with Gasteiger partial charge in [-0.25, -0.2) is 0 Å². The van der Waals surface area contributed by atoms with Gasteiger partial charge in [0.25, 0.3) is 0 Å². The van der Waals surface area contributed by atoms with Crippen molar-refractivity contribution in [2.45, 2.75) is 13.3 Å². The monoisotopic (exact) mass is 403 g/mol. The van der Waals surface area contributed by atoms with E-state index in [1.807, 2.05) is 18.3 Å². The first-order valence-electron chi connectivity index (χ1n) is 9.83. The van der Waals surface area contributed by atoms with E-state index in [1.165, 1.54) is 0 Å². The topological polar surface area (TPSA) is 101 Å². The van der Waals surface area contributed by atoms with Crippen molar-refractivity contribution in [3.63, 3.8) is 0 Å². The summed E-state index contributed by atoms with van der Waals surface area (Å²) in [6, 6.07) is 12.0. The first kappa shape index (κ1) is 18.4. The Kier molecular flexibility index (Phi) is 4.72. The number of ether oxygens (including phenoxy) is 1. The van der Waals surface area contributed by atoms with E-state index >= 15 is 0 Å². The molecule has 152 valence electrons. The molecule has 9 nitrogen and oxygen atoms in total. The van der Waals surface area contributed by atoms with E-state index in [4.69, 9.17) is 9.94 Å². The average molecular weight is 403 g/mol. The molecule has 30 heavy (non-hydrogen) atoms. The molecule has 0 atom stereocenters. The highest BCUT2D eigenvalue weighted by Gasteiger charge is 2.13. The highest BCUT2D eigenvalue weighted by molar-refractivity contribution is 5.96. The van der Waals surface area contributed by atoms with Crippen molar-refractivity contribution < 1.29 is 9.94 Å². The fourth-order valence-electron chi connectivity index (χ4n) is 3.64. The van der Waals surface area contributed by atoms with Gasteiger partial charge in [-0.1, -0.05) is 11.2 Å². The standard InChI is InChI=1S/C21H21N7O2/c1-14(26-29)18-4-5-20-23-24-21(28(20)25-18)11-15-2-3-19-16(10-15)12-17(13-22-19)27-6-8-30-9-7-27/h2-5,10,12-13,29H,6-9,11H2,1H3/b26-14+. The van der Waals surface area contributed by atoms with Crippen molar-refractivity contribution in [2.75, 3.05) is 31.2 Å². The van der Waals surface area contributed by atoms with E-state index in [0.717, 1.165) is 48.5 Å². The lowest BCUT2D eigenvalue weighted by molar-refractivity contribution is 0.122. The van der Waals surface area contributed by atoms with Crippen LogP contribution in [0.2, 0.25) is 0 Å². The van der Waals surface area contributed by atoms with Crippen LogP contribution < -0.4 is 4.90 Å². The molecule has 0 saturated carbocycles.